The van der Waals surface area contributed by atoms with Crippen LogP contribution in [0.5, 0.6) is 0 Å². The van der Waals surface area contributed by atoms with Gasteiger partial charge in [0, 0.05) is 24.8 Å². The Morgan fingerprint density at radius 2 is 2.00 bits per heavy atom. The molecule has 1 aliphatic heterocycles. The fraction of sp³-hybridized carbons (Fsp3) is 0.278. The quantitative estimate of drug-likeness (QED) is 0.563. The summed E-state index contributed by atoms with van der Waals surface area (Å²) >= 11 is 5.95. The first-order chi connectivity index (χ1) is 13.3. The maximum atomic E-state index is 12.9. The van der Waals surface area contributed by atoms with Crippen molar-refractivity contribution in [3.63, 3.8) is 0 Å². The molecular formula is C18H17ClN2O6S. The van der Waals surface area contributed by atoms with Crippen molar-refractivity contribution in [2.45, 2.75) is 28.7 Å². The highest BCUT2D eigenvalue weighted by molar-refractivity contribution is 7.91. The summed E-state index contributed by atoms with van der Waals surface area (Å²) in [5.74, 6) is -0.541. The van der Waals surface area contributed by atoms with Crippen LogP contribution in [0.1, 0.15) is 23.2 Å². The summed E-state index contributed by atoms with van der Waals surface area (Å²) in [5.41, 5.74) is -0.701. The van der Waals surface area contributed by atoms with Gasteiger partial charge in [-0.1, -0.05) is 23.7 Å². The first-order valence-corrected chi connectivity index (χ1v) is 10.3. The van der Waals surface area contributed by atoms with E-state index in [-0.39, 0.29) is 28.1 Å². The minimum Gasteiger partial charge on any atom is -0.376 e. The van der Waals surface area contributed by atoms with E-state index in [0.717, 1.165) is 25.0 Å². The van der Waals surface area contributed by atoms with E-state index in [1.807, 2.05) is 0 Å². The largest absolute Gasteiger partial charge is 0.376 e. The molecule has 0 saturated carbocycles. The van der Waals surface area contributed by atoms with Crippen molar-refractivity contribution >= 4 is 33.0 Å². The molecule has 1 atom stereocenters. The Bertz CT molecular complexity index is 1020. The van der Waals surface area contributed by atoms with E-state index in [1.165, 1.54) is 24.3 Å². The molecule has 1 unspecified atom stereocenters. The van der Waals surface area contributed by atoms with E-state index < -0.39 is 31.3 Å². The van der Waals surface area contributed by atoms with Crippen LogP contribution < -0.4 is 5.32 Å². The number of nitrogens with one attached hydrogen (secondary N) is 1. The summed E-state index contributed by atoms with van der Waals surface area (Å²) in [7, 11) is -4.24. The van der Waals surface area contributed by atoms with Crippen LogP contribution in [0.4, 0.5) is 5.69 Å². The highest BCUT2D eigenvalue weighted by Crippen LogP contribution is 2.33. The number of nitro benzene ring substituents is 1. The normalized spacial score (nSPS) is 16.7. The van der Waals surface area contributed by atoms with Crippen molar-refractivity contribution in [2.75, 3.05) is 13.2 Å². The maximum Gasteiger partial charge on any atom is 0.289 e. The average molecular weight is 425 g/mol. The Morgan fingerprint density at radius 1 is 1.25 bits per heavy atom. The number of ether oxygens (including phenoxy) is 1. The zero-order chi connectivity index (χ0) is 20.3. The average Bonchev–Trinajstić information content (AvgIpc) is 3.19. The lowest BCUT2D eigenvalue weighted by molar-refractivity contribution is -0.387. The molecule has 0 aromatic heterocycles. The monoisotopic (exact) mass is 424 g/mol. The molecule has 1 saturated heterocycles. The van der Waals surface area contributed by atoms with E-state index in [9.17, 15) is 23.3 Å². The van der Waals surface area contributed by atoms with Gasteiger partial charge in [-0.3, -0.25) is 14.9 Å². The number of nitro groups is 1. The smallest absolute Gasteiger partial charge is 0.289 e. The van der Waals surface area contributed by atoms with E-state index in [1.54, 1.807) is 6.07 Å². The van der Waals surface area contributed by atoms with E-state index >= 15 is 0 Å². The predicted octanol–water partition coefficient (Wildman–Crippen LogP) is 2.99. The summed E-state index contributed by atoms with van der Waals surface area (Å²) in [6, 6.07) is 8.92. The number of rotatable bonds is 6. The molecule has 0 aliphatic carbocycles. The lowest BCUT2D eigenvalue weighted by atomic mass is 10.2. The van der Waals surface area contributed by atoms with Crippen molar-refractivity contribution < 1.29 is 22.9 Å². The number of hydrogen-bond acceptors (Lipinski definition) is 6. The number of carbonyl (C=O) groups excluding carboxylic acids is 1. The van der Waals surface area contributed by atoms with Gasteiger partial charge in [0.15, 0.2) is 0 Å². The fourth-order valence-electron chi connectivity index (χ4n) is 2.92. The third-order valence-electron chi connectivity index (χ3n) is 4.35. The third kappa shape index (κ3) is 4.16. The van der Waals surface area contributed by atoms with Crippen molar-refractivity contribution in [2.24, 2.45) is 0 Å². The molecule has 2 aromatic rings. The van der Waals surface area contributed by atoms with Gasteiger partial charge in [-0.25, -0.2) is 8.42 Å². The minimum absolute atomic E-state index is 0.0113. The number of nitrogens with zero attached hydrogens (tertiary/aromatic N) is 1. The topological polar surface area (TPSA) is 116 Å². The summed E-state index contributed by atoms with van der Waals surface area (Å²) in [4.78, 5) is 22.2. The highest BCUT2D eigenvalue weighted by atomic mass is 35.5. The summed E-state index contributed by atoms with van der Waals surface area (Å²) in [6.07, 6.45) is 1.66. The van der Waals surface area contributed by atoms with Crippen LogP contribution in [0.25, 0.3) is 0 Å². The van der Waals surface area contributed by atoms with Crippen LogP contribution in [0.15, 0.2) is 52.3 Å². The van der Waals surface area contributed by atoms with Gasteiger partial charge in [-0.15, -0.1) is 0 Å². The first kappa shape index (κ1) is 20.2. The molecule has 1 fully saturated rings. The Morgan fingerprint density at radius 3 is 2.64 bits per heavy atom. The number of hydrogen-bond donors (Lipinski definition) is 1. The van der Waals surface area contributed by atoms with Crippen LogP contribution in [0.2, 0.25) is 5.02 Å². The Kier molecular flexibility index (Phi) is 5.97. The SMILES string of the molecule is O=C(NCC1CCCO1)c1ccc(S(=O)(=O)c2ccccc2Cl)c([N+](=O)[O-])c1. The van der Waals surface area contributed by atoms with Gasteiger partial charge in [0.05, 0.1) is 20.9 Å². The van der Waals surface area contributed by atoms with Crippen molar-refractivity contribution in [1.29, 1.82) is 0 Å². The zero-order valence-electron chi connectivity index (χ0n) is 14.6. The first-order valence-electron chi connectivity index (χ1n) is 8.48. The molecule has 10 heteroatoms. The van der Waals surface area contributed by atoms with Gasteiger partial charge in [-0.2, -0.15) is 0 Å². The summed E-state index contributed by atoms with van der Waals surface area (Å²) < 4.78 is 31.1. The minimum atomic E-state index is -4.24. The second kappa shape index (κ2) is 8.26. The molecular weight excluding hydrogens is 408 g/mol. The van der Waals surface area contributed by atoms with E-state index in [2.05, 4.69) is 5.32 Å². The van der Waals surface area contributed by atoms with Crippen LogP contribution in [-0.4, -0.2) is 38.5 Å². The molecule has 3 rings (SSSR count). The molecule has 2 aromatic carbocycles. The van der Waals surface area contributed by atoms with E-state index in [4.69, 9.17) is 16.3 Å². The molecule has 0 bridgehead atoms. The number of benzene rings is 2. The van der Waals surface area contributed by atoms with Gasteiger partial charge in [-0.05, 0) is 37.1 Å². The number of amides is 1. The lowest BCUT2D eigenvalue weighted by Gasteiger charge is -2.11. The number of carbonyl (C=O) groups is 1. The molecule has 148 valence electrons. The van der Waals surface area contributed by atoms with Crippen LogP contribution >= 0.6 is 11.6 Å². The van der Waals surface area contributed by atoms with Crippen molar-refractivity contribution in [3.8, 4) is 0 Å². The molecule has 1 heterocycles. The van der Waals surface area contributed by atoms with Gasteiger partial charge in [0.1, 0.15) is 4.90 Å². The summed E-state index contributed by atoms with van der Waals surface area (Å²) in [6.45, 7) is 0.924. The standard InChI is InChI=1S/C18H17ClN2O6S/c19-14-5-1-2-6-16(14)28(25,26)17-8-7-12(10-15(17)21(23)24)18(22)20-11-13-4-3-9-27-13/h1-2,5-8,10,13H,3-4,9,11H2,(H,20,22). The van der Waals surface area contributed by atoms with Crippen LogP contribution in [0, 0.1) is 10.1 Å². The molecule has 1 aliphatic rings. The number of halogens is 1. The molecule has 1 amide bonds. The predicted molar refractivity (Wildman–Crippen MR) is 101 cm³/mol. The van der Waals surface area contributed by atoms with E-state index in [0.29, 0.717) is 6.61 Å². The molecule has 8 nitrogen and oxygen atoms in total. The molecule has 0 spiro atoms. The van der Waals surface area contributed by atoms with Gasteiger partial charge >= 0.3 is 0 Å². The van der Waals surface area contributed by atoms with Gasteiger partial charge in [0.2, 0.25) is 9.84 Å². The fourth-order valence-corrected chi connectivity index (χ4v) is 4.84. The van der Waals surface area contributed by atoms with Crippen molar-refractivity contribution in [3.05, 3.63) is 63.2 Å². The maximum absolute atomic E-state index is 12.9. The molecule has 28 heavy (non-hydrogen) atoms. The van der Waals surface area contributed by atoms with Crippen molar-refractivity contribution in [1.82, 2.24) is 5.32 Å². The molecule has 1 N–H and O–H groups in total. The summed E-state index contributed by atoms with van der Waals surface area (Å²) in [5, 5.41) is 14.1. The van der Waals surface area contributed by atoms with Gasteiger partial charge in [0.25, 0.3) is 11.6 Å². The Balaban J connectivity index is 1.92. The Hall–Kier alpha value is -2.49. The van der Waals surface area contributed by atoms with Crippen LogP contribution in [0.3, 0.4) is 0 Å². The second-order valence-corrected chi connectivity index (χ2v) is 8.51. The van der Waals surface area contributed by atoms with Crippen LogP contribution in [-0.2, 0) is 14.6 Å². The number of sulfone groups is 1. The van der Waals surface area contributed by atoms with Gasteiger partial charge < -0.3 is 10.1 Å². The zero-order valence-corrected chi connectivity index (χ0v) is 16.2. The molecule has 0 radical (unpaired) electrons. The highest BCUT2D eigenvalue weighted by Gasteiger charge is 2.30. The lowest BCUT2D eigenvalue weighted by Crippen LogP contribution is -2.31. The third-order valence-corrected chi connectivity index (χ3v) is 6.65. The Labute approximate surface area is 166 Å². The second-order valence-electron chi connectivity index (χ2n) is 6.22.